The van der Waals surface area contributed by atoms with Gasteiger partial charge >= 0.3 is 0 Å². The zero-order valence-corrected chi connectivity index (χ0v) is 5.59. The summed E-state index contributed by atoms with van der Waals surface area (Å²) in [7, 11) is 0. The molecule has 0 aliphatic rings. The molecule has 0 saturated carbocycles. The van der Waals surface area contributed by atoms with E-state index in [2.05, 4.69) is 11.2 Å². The molecule has 2 heteroatoms. The third kappa shape index (κ3) is 0.620. The van der Waals surface area contributed by atoms with Crippen LogP contribution >= 0.6 is 0 Å². The molecule has 0 aliphatic carbocycles. The smallest absolute Gasteiger partial charge is 0.167 e. The zero-order chi connectivity index (χ0) is 6.97. The molecule has 0 bridgehead atoms. The summed E-state index contributed by atoms with van der Waals surface area (Å²) < 4.78 is 4.97. The summed E-state index contributed by atoms with van der Waals surface area (Å²) in [4.78, 5) is 0. The lowest BCUT2D eigenvalue weighted by molar-refractivity contribution is 0.450. The van der Waals surface area contributed by atoms with Crippen LogP contribution in [0.3, 0.4) is 0 Å². The highest BCUT2D eigenvalue weighted by molar-refractivity contribution is 5.78. The molecule has 0 atom stereocenters. The lowest BCUT2D eigenvalue weighted by Gasteiger charge is -1.81. The number of benzene rings is 1. The Kier molecular flexibility index (Phi) is 1.01. The maximum absolute atomic E-state index is 4.97. The third-order valence-electron chi connectivity index (χ3n) is 1.46. The number of hydrogen-bond acceptors (Lipinski definition) is 2. The van der Waals surface area contributed by atoms with Crippen LogP contribution in [0.1, 0.15) is 5.69 Å². The predicted octanol–water partition coefficient (Wildman–Crippen LogP) is 1.94. The molecule has 0 aliphatic heterocycles. The Labute approximate surface area is 58.4 Å². The summed E-state index contributed by atoms with van der Waals surface area (Å²) in [5, 5.41) is 4.76. The van der Waals surface area contributed by atoms with E-state index in [-0.39, 0.29) is 0 Å². The average Bonchev–Trinajstić information content (AvgIpc) is 2.34. The van der Waals surface area contributed by atoms with Crippen molar-refractivity contribution >= 4 is 11.0 Å². The fraction of sp³-hybridized carbons (Fsp3) is 0.125. The van der Waals surface area contributed by atoms with Crippen LogP contribution in [-0.2, 0) is 0 Å². The van der Waals surface area contributed by atoms with Crippen molar-refractivity contribution in [3.05, 3.63) is 30.0 Å². The first-order valence-electron chi connectivity index (χ1n) is 3.10. The van der Waals surface area contributed by atoms with Crippen molar-refractivity contribution in [3.8, 4) is 0 Å². The standard InChI is InChI=1S/C8H6NO/c1-6-7-4-2-3-5-8(7)10-9-6/h2-3,5H,1H3. The van der Waals surface area contributed by atoms with Gasteiger partial charge in [-0.05, 0) is 19.1 Å². The van der Waals surface area contributed by atoms with Gasteiger partial charge in [-0.15, -0.1) is 0 Å². The van der Waals surface area contributed by atoms with E-state index in [0.717, 1.165) is 16.7 Å². The number of aryl methyl sites for hydroxylation is 1. The Hall–Kier alpha value is -1.31. The fourth-order valence-electron chi connectivity index (χ4n) is 0.944. The Morgan fingerprint density at radius 1 is 1.60 bits per heavy atom. The minimum absolute atomic E-state index is 0.806. The van der Waals surface area contributed by atoms with Crippen LogP contribution in [0.4, 0.5) is 0 Å². The average molecular weight is 132 g/mol. The molecular weight excluding hydrogens is 126 g/mol. The molecule has 0 amide bonds. The molecule has 49 valence electrons. The quantitative estimate of drug-likeness (QED) is 0.547. The SMILES string of the molecule is Cc1noc2ccc[c]c12. The fourth-order valence-corrected chi connectivity index (χ4v) is 0.944. The van der Waals surface area contributed by atoms with Gasteiger partial charge < -0.3 is 4.52 Å². The molecule has 2 rings (SSSR count). The van der Waals surface area contributed by atoms with Gasteiger partial charge in [-0.1, -0.05) is 17.3 Å². The van der Waals surface area contributed by atoms with E-state index in [0.29, 0.717) is 0 Å². The highest BCUT2D eigenvalue weighted by atomic mass is 16.5. The maximum Gasteiger partial charge on any atom is 0.167 e. The van der Waals surface area contributed by atoms with Crippen molar-refractivity contribution in [2.24, 2.45) is 0 Å². The Bertz CT molecular complexity index is 351. The van der Waals surface area contributed by atoms with Crippen molar-refractivity contribution in [3.63, 3.8) is 0 Å². The molecular formula is C8H6NO. The number of nitrogens with zero attached hydrogens (tertiary/aromatic N) is 1. The number of rotatable bonds is 0. The first kappa shape index (κ1) is 5.47. The minimum atomic E-state index is 0.806. The highest BCUT2D eigenvalue weighted by Crippen LogP contribution is 2.15. The molecule has 0 fully saturated rings. The van der Waals surface area contributed by atoms with Gasteiger partial charge in [0.25, 0.3) is 0 Å². The number of aromatic nitrogens is 1. The van der Waals surface area contributed by atoms with Crippen molar-refractivity contribution in [2.75, 3.05) is 0 Å². The summed E-state index contributed by atoms with van der Waals surface area (Å²) >= 11 is 0. The Balaban J connectivity index is 2.93. The topological polar surface area (TPSA) is 26.0 Å². The van der Waals surface area contributed by atoms with Gasteiger partial charge in [0.2, 0.25) is 0 Å². The number of hydrogen-bond donors (Lipinski definition) is 0. The van der Waals surface area contributed by atoms with Crippen molar-refractivity contribution < 1.29 is 4.52 Å². The first-order valence-corrected chi connectivity index (χ1v) is 3.10. The van der Waals surface area contributed by atoms with E-state index < -0.39 is 0 Å². The van der Waals surface area contributed by atoms with Gasteiger partial charge in [0, 0.05) is 0 Å². The molecule has 2 nitrogen and oxygen atoms in total. The van der Waals surface area contributed by atoms with E-state index in [1.807, 2.05) is 25.1 Å². The normalized spacial score (nSPS) is 10.5. The van der Waals surface area contributed by atoms with Gasteiger partial charge in [0.05, 0.1) is 11.1 Å². The van der Waals surface area contributed by atoms with E-state index in [4.69, 9.17) is 4.52 Å². The van der Waals surface area contributed by atoms with Gasteiger partial charge in [-0.3, -0.25) is 0 Å². The molecule has 1 radical (unpaired) electrons. The second-order valence-corrected chi connectivity index (χ2v) is 2.18. The lowest BCUT2D eigenvalue weighted by Crippen LogP contribution is -1.67. The summed E-state index contributed by atoms with van der Waals surface area (Å²) in [5.41, 5.74) is 1.70. The van der Waals surface area contributed by atoms with Crippen molar-refractivity contribution in [1.29, 1.82) is 0 Å². The van der Waals surface area contributed by atoms with Gasteiger partial charge in [-0.2, -0.15) is 0 Å². The van der Waals surface area contributed by atoms with Crippen molar-refractivity contribution in [2.45, 2.75) is 6.92 Å². The predicted molar refractivity (Wildman–Crippen MR) is 37.6 cm³/mol. The van der Waals surface area contributed by atoms with Crippen LogP contribution in [0.5, 0.6) is 0 Å². The van der Waals surface area contributed by atoms with Crippen LogP contribution < -0.4 is 0 Å². The molecule has 2 aromatic rings. The van der Waals surface area contributed by atoms with Gasteiger partial charge in [0.15, 0.2) is 5.58 Å². The molecule has 0 unspecified atom stereocenters. The van der Waals surface area contributed by atoms with E-state index in [9.17, 15) is 0 Å². The third-order valence-corrected chi connectivity index (χ3v) is 1.46. The van der Waals surface area contributed by atoms with Crippen LogP contribution in [0.2, 0.25) is 0 Å². The zero-order valence-electron chi connectivity index (χ0n) is 5.59. The highest BCUT2D eigenvalue weighted by Gasteiger charge is 1.99. The van der Waals surface area contributed by atoms with Crippen molar-refractivity contribution in [1.82, 2.24) is 5.16 Å². The monoisotopic (exact) mass is 132 g/mol. The minimum Gasteiger partial charge on any atom is -0.356 e. The molecule has 0 saturated heterocycles. The van der Waals surface area contributed by atoms with Gasteiger partial charge in [0.1, 0.15) is 0 Å². The summed E-state index contributed by atoms with van der Waals surface area (Å²) in [6.07, 6.45) is 0. The molecule has 1 aromatic carbocycles. The van der Waals surface area contributed by atoms with E-state index in [1.165, 1.54) is 0 Å². The van der Waals surface area contributed by atoms with E-state index in [1.54, 1.807) is 0 Å². The molecule has 10 heavy (non-hydrogen) atoms. The molecule has 0 N–H and O–H groups in total. The Morgan fingerprint density at radius 2 is 2.50 bits per heavy atom. The lowest BCUT2D eigenvalue weighted by atomic mass is 10.2. The molecule has 1 aromatic heterocycles. The number of fused-ring (bicyclic) bond motifs is 1. The Morgan fingerprint density at radius 3 is 3.30 bits per heavy atom. The van der Waals surface area contributed by atoms with E-state index >= 15 is 0 Å². The largest absolute Gasteiger partial charge is 0.356 e. The van der Waals surface area contributed by atoms with Crippen LogP contribution in [0.25, 0.3) is 11.0 Å². The summed E-state index contributed by atoms with van der Waals surface area (Å²) in [5.74, 6) is 0. The van der Waals surface area contributed by atoms with Crippen LogP contribution in [0, 0.1) is 13.0 Å². The van der Waals surface area contributed by atoms with Crippen LogP contribution in [-0.4, -0.2) is 5.16 Å². The summed E-state index contributed by atoms with van der Waals surface area (Å²) in [6, 6.07) is 8.66. The van der Waals surface area contributed by atoms with Gasteiger partial charge in [-0.25, -0.2) is 0 Å². The first-order chi connectivity index (χ1) is 4.88. The van der Waals surface area contributed by atoms with Crippen LogP contribution in [0.15, 0.2) is 22.7 Å². The molecule has 1 heterocycles. The second kappa shape index (κ2) is 1.84. The second-order valence-electron chi connectivity index (χ2n) is 2.18. The molecule has 0 spiro atoms. The maximum atomic E-state index is 4.97. The summed E-state index contributed by atoms with van der Waals surface area (Å²) in [6.45, 7) is 1.91.